The highest BCUT2D eigenvalue weighted by Gasteiger charge is 2.20. The number of aromatic nitrogens is 1. The Morgan fingerprint density at radius 1 is 1.24 bits per heavy atom. The maximum Gasteiger partial charge on any atom is 0.123 e. The van der Waals surface area contributed by atoms with Gasteiger partial charge in [0.15, 0.2) is 0 Å². The van der Waals surface area contributed by atoms with Crippen molar-refractivity contribution in [2.45, 2.75) is 38.0 Å². The number of nitrogens with zero attached hydrogens (tertiary/aromatic N) is 1. The number of halogens is 2. The first-order valence-corrected chi connectivity index (χ1v) is 10.2. The van der Waals surface area contributed by atoms with Crippen LogP contribution in [0.2, 0.25) is 0 Å². The van der Waals surface area contributed by atoms with Crippen molar-refractivity contribution in [2.75, 3.05) is 18.8 Å². The second-order valence-corrected chi connectivity index (χ2v) is 8.07. The molecule has 0 aliphatic carbocycles. The van der Waals surface area contributed by atoms with Crippen LogP contribution in [0.15, 0.2) is 30.3 Å². The van der Waals surface area contributed by atoms with Crippen LogP contribution >= 0.6 is 24.2 Å². The average molecular weight is 381 g/mol. The molecule has 1 fully saturated rings. The molecule has 0 spiro atoms. The lowest BCUT2D eigenvalue weighted by atomic mass is 10.0. The Bertz CT molecular complexity index is 692. The van der Waals surface area contributed by atoms with E-state index in [0.717, 1.165) is 30.2 Å². The molecule has 2 aliphatic heterocycles. The molecule has 1 unspecified atom stereocenters. The van der Waals surface area contributed by atoms with Gasteiger partial charge >= 0.3 is 0 Å². The number of thioether (sulfide) groups is 1. The summed E-state index contributed by atoms with van der Waals surface area (Å²) >= 11 is 2.02. The van der Waals surface area contributed by atoms with Crippen molar-refractivity contribution in [3.8, 4) is 11.3 Å². The molecular formula is C20H26ClFN2S. The van der Waals surface area contributed by atoms with Crippen LogP contribution < -0.4 is 5.32 Å². The van der Waals surface area contributed by atoms with Gasteiger partial charge in [0, 0.05) is 23.7 Å². The summed E-state index contributed by atoms with van der Waals surface area (Å²) in [5.41, 5.74) is 5.40. The zero-order chi connectivity index (χ0) is 16.4. The van der Waals surface area contributed by atoms with Gasteiger partial charge in [0.2, 0.25) is 0 Å². The minimum atomic E-state index is -0.161. The van der Waals surface area contributed by atoms with Crippen LogP contribution in [-0.2, 0) is 18.7 Å². The van der Waals surface area contributed by atoms with E-state index in [2.05, 4.69) is 16.0 Å². The van der Waals surface area contributed by atoms with Crippen LogP contribution in [0.5, 0.6) is 0 Å². The largest absolute Gasteiger partial charge is 0.344 e. The van der Waals surface area contributed by atoms with E-state index in [1.165, 1.54) is 55.1 Å². The third-order valence-electron chi connectivity index (χ3n) is 5.34. The lowest BCUT2D eigenvalue weighted by Gasteiger charge is -2.18. The van der Waals surface area contributed by atoms with Crippen molar-refractivity contribution < 1.29 is 4.39 Å². The van der Waals surface area contributed by atoms with Crippen molar-refractivity contribution in [2.24, 2.45) is 5.92 Å². The molecule has 1 aromatic carbocycles. The highest BCUT2D eigenvalue weighted by molar-refractivity contribution is 7.98. The molecule has 3 heterocycles. The van der Waals surface area contributed by atoms with Gasteiger partial charge in [-0.05, 0) is 91.9 Å². The van der Waals surface area contributed by atoms with E-state index in [1.54, 1.807) is 12.1 Å². The molecule has 25 heavy (non-hydrogen) atoms. The molecule has 4 rings (SSSR count). The van der Waals surface area contributed by atoms with Gasteiger partial charge in [0.1, 0.15) is 5.82 Å². The van der Waals surface area contributed by atoms with E-state index in [-0.39, 0.29) is 18.2 Å². The lowest BCUT2D eigenvalue weighted by Crippen LogP contribution is -2.12. The first kappa shape index (κ1) is 18.8. The molecule has 136 valence electrons. The van der Waals surface area contributed by atoms with Crippen molar-refractivity contribution in [1.29, 1.82) is 0 Å². The molecule has 2 nitrogen and oxygen atoms in total. The topological polar surface area (TPSA) is 17.0 Å². The van der Waals surface area contributed by atoms with Gasteiger partial charge in [-0.3, -0.25) is 0 Å². The highest BCUT2D eigenvalue weighted by Crippen LogP contribution is 2.33. The second-order valence-electron chi connectivity index (χ2n) is 6.96. The number of benzene rings is 1. The molecule has 0 saturated carbocycles. The molecule has 0 amide bonds. The quantitative estimate of drug-likeness (QED) is 0.794. The fourth-order valence-electron chi connectivity index (χ4n) is 4.03. The van der Waals surface area contributed by atoms with Crippen molar-refractivity contribution >= 4 is 24.2 Å². The first-order chi connectivity index (χ1) is 11.8. The van der Waals surface area contributed by atoms with Gasteiger partial charge in [-0.15, -0.1) is 12.4 Å². The monoisotopic (exact) mass is 380 g/mol. The van der Waals surface area contributed by atoms with Crippen LogP contribution in [0.3, 0.4) is 0 Å². The summed E-state index contributed by atoms with van der Waals surface area (Å²) in [5, 5.41) is 3.46. The number of nitrogens with one attached hydrogen (secondary N) is 1. The molecular weight excluding hydrogens is 355 g/mol. The van der Waals surface area contributed by atoms with Crippen LogP contribution in [0.25, 0.3) is 11.3 Å². The third-order valence-corrected chi connectivity index (χ3v) is 6.34. The maximum absolute atomic E-state index is 13.3. The Kier molecular flexibility index (Phi) is 6.48. The van der Waals surface area contributed by atoms with Crippen molar-refractivity contribution in [1.82, 2.24) is 9.88 Å². The van der Waals surface area contributed by atoms with Gasteiger partial charge in [0.05, 0.1) is 0 Å². The summed E-state index contributed by atoms with van der Waals surface area (Å²) in [4.78, 5) is 0. The standard InChI is InChI=1S/C20H25FN2S.ClH/c21-18-5-3-16(4-6-18)20-12-17-14-24-11-8-19(17)23(20)10-1-2-15-7-9-22-13-15;/h3-6,12,15,22H,1-2,7-11,13-14H2;1H. The molecule has 1 N–H and O–H groups in total. The number of rotatable bonds is 5. The van der Waals surface area contributed by atoms with E-state index in [4.69, 9.17) is 0 Å². The van der Waals surface area contributed by atoms with Gasteiger partial charge in [-0.2, -0.15) is 11.8 Å². The third kappa shape index (κ3) is 4.24. The van der Waals surface area contributed by atoms with Gasteiger partial charge in [0.25, 0.3) is 0 Å². The van der Waals surface area contributed by atoms with Crippen LogP contribution in [0, 0.1) is 11.7 Å². The summed E-state index contributed by atoms with van der Waals surface area (Å²) < 4.78 is 15.8. The number of hydrogen-bond donors (Lipinski definition) is 1. The summed E-state index contributed by atoms with van der Waals surface area (Å²) in [6.07, 6.45) is 5.02. The predicted octanol–water partition coefficient (Wildman–Crippen LogP) is 4.90. The SMILES string of the molecule is Cl.Fc1ccc(-c2cc3c(n2CCCC2CCNC2)CCSC3)cc1. The van der Waals surface area contributed by atoms with Crippen LogP contribution in [0.4, 0.5) is 4.39 Å². The number of hydrogen-bond acceptors (Lipinski definition) is 2. The minimum absolute atomic E-state index is 0. The van der Waals surface area contributed by atoms with Crippen LogP contribution in [-0.4, -0.2) is 23.4 Å². The smallest absolute Gasteiger partial charge is 0.123 e. The zero-order valence-corrected chi connectivity index (χ0v) is 16.1. The average Bonchev–Trinajstić information content (AvgIpc) is 3.24. The molecule has 1 atom stereocenters. The van der Waals surface area contributed by atoms with Crippen molar-refractivity contribution in [3.05, 3.63) is 47.4 Å². The van der Waals surface area contributed by atoms with E-state index < -0.39 is 0 Å². The Balaban J connectivity index is 0.00000182. The molecule has 1 aromatic heterocycles. The summed E-state index contributed by atoms with van der Waals surface area (Å²) in [6.45, 7) is 3.45. The minimum Gasteiger partial charge on any atom is -0.344 e. The Labute approximate surface area is 160 Å². The van der Waals surface area contributed by atoms with E-state index in [0.29, 0.717) is 0 Å². The molecule has 1 saturated heterocycles. The fraction of sp³-hybridized carbons (Fsp3) is 0.500. The normalized spacial score (nSPS) is 19.5. The van der Waals surface area contributed by atoms with E-state index in [9.17, 15) is 4.39 Å². The maximum atomic E-state index is 13.3. The summed E-state index contributed by atoms with van der Waals surface area (Å²) in [5.74, 6) is 3.02. The van der Waals surface area contributed by atoms with E-state index >= 15 is 0 Å². The van der Waals surface area contributed by atoms with Gasteiger partial charge in [-0.25, -0.2) is 4.39 Å². The number of fused-ring (bicyclic) bond motifs is 1. The molecule has 2 aromatic rings. The summed E-state index contributed by atoms with van der Waals surface area (Å²) in [6, 6.07) is 9.32. The summed E-state index contributed by atoms with van der Waals surface area (Å²) in [7, 11) is 0. The Morgan fingerprint density at radius 3 is 2.84 bits per heavy atom. The lowest BCUT2D eigenvalue weighted by molar-refractivity contribution is 0.477. The Morgan fingerprint density at radius 2 is 2.08 bits per heavy atom. The predicted molar refractivity (Wildman–Crippen MR) is 107 cm³/mol. The Hall–Kier alpha value is -0.970. The van der Waals surface area contributed by atoms with E-state index in [1.807, 2.05) is 23.9 Å². The van der Waals surface area contributed by atoms with Gasteiger partial charge in [-0.1, -0.05) is 0 Å². The zero-order valence-electron chi connectivity index (χ0n) is 14.5. The molecule has 0 bridgehead atoms. The molecule has 2 aliphatic rings. The molecule has 5 heteroatoms. The van der Waals surface area contributed by atoms with Crippen molar-refractivity contribution in [3.63, 3.8) is 0 Å². The molecule has 0 radical (unpaired) electrons. The fourth-order valence-corrected chi connectivity index (χ4v) is 4.98. The van der Waals surface area contributed by atoms with Gasteiger partial charge < -0.3 is 9.88 Å². The second kappa shape index (κ2) is 8.61. The highest BCUT2D eigenvalue weighted by atomic mass is 35.5. The first-order valence-electron chi connectivity index (χ1n) is 9.07. The van der Waals surface area contributed by atoms with Crippen LogP contribution in [0.1, 0.15) is 30.5 Å².